The second-order valence-corrected chi connectivity index (χ2v) is 6.14. The molecule has 1 saturated heterocycles. The molecule has 2 heterocycles. The predicted octanol–water partition coefficient (Wildman–Crippen LogP) is 4.25. The van der Waals surface area contributed by atoms with Gasteiger partial charge in [-0.05, 0) is 37.0 Å². The third kappa shape index (κ3) is 1.91. The summed E-state index contributed by atoms with van der Waals surface area (Å²) in [5.41, 5.74) is 2.50. The van der Waals surface area contributed by atoms with Crippen molar-refractivity contribution < 1.29 is 4.74 Å². The summed E-state index contributed by atoms with van der Waals surface area (Å²) in [5.74, 6) is 0. The van der Waals surface area contributed by atoms with Gasteiger partial charge in [-0.1, -0.05) is 30.1 Å². The summed E-state index contributed by atoms with van der Waals surface area (Å²) in [5, 5.41) is 4.91. The number of nitrogens with one attached hydrogen (secondary N) is 1. The van der Waals surface area contributed by atoms with Crippen LogP contribution in [-0.4, -0.2) is 19.3 Å². The molecule has 1 aromatic rings. The van der Waals surface area contributed by atoms with Gasteiger partial charge in [0.15, 0.2) is 0 Å². The highest BCUT2D eigenvalue weighted by Crippen LogP contribution is 2.48. The van der Waals surface area contributed by atoms with Crippen molar-refractivity contribution in [3.8, 4) is 0 Å². The lowest BCUT2D eigenvalue weighted by Crippen LogP contribution is -2.40. The van der Waals surface area contributed by atoms with Crippen molar-refractivity contribution in [3.63, 3.8) is 0 Å². The Hall–Kier alpha value is -0.440. The van der Waals surface area contributed by atoms with E-state index in [-0.39, 0.29) is 5.41 Å². The first-order chi connectivity index (χ1) is 8.64. The Kier molecular flexibility index (Phi) is 3.21. The molecule has 1 fully saturated rings. The molecule has 0 radical (unpaired) electrons. The summed E-state index contributed by atoms with van der Waals surface area (Å²) >= 11 is 12.4. The maximum absolute atomic E-state index is 6.27. The van der Waals surface area contributed by atoms with Crippen LogP contribution < -0.4 is 5.32 Å². The molecule has 2 unspecified atom stereocenters. The minimum Gasteiger partial charge on any atom is -0.383 e. The van der Waals surface area contributed by atoms with E-state index in [1.165, 1.54) is 5.56 Å². The summed E-state index contributed by atoms with van der Waals surface area (Å²) in [4.78, 5) is 0. The number of hydrogen-bond donors (Lipinski definition) is 1. The fourth-order valence-corrected chi connectivity index (χ4v) is 3.77. The molecule has 1 aromatic carbocycles. The Bertz CT molecular complexity index is 477. The van der Waals surface area contributed by atoms with E-state index in [4.69, 9.17) is 27.9 Å². The second kappa shape index (κ2) is 4.59. The Morgan fingerprint density at radius 1 is 1.44 bits per heavy atom. The van der Waals surface area contributed by atoms with E-state index < -0.39 is 0 Å². The third-order valence-electron chi connectivity index (χ3n) is 4.24. The number of benzene rings is 1. The minimum absolute atomic E-state index is 0.156. The van der Waals surface area contributed by atoms with E-state index in [9.17, 15) is 0 Å². The SMILES string of the molecule is CCC1CC2(CCO1)CNc1c(Cl)cc(Cl)cc12. The first-order valence-electron chi connectivity index (χ1n) is 6.49. The minimum atomic E-state index is 0.156. The van der Waals surface area contributed by atoms with Crippen LogP contribution in [0.4, 0.5) is 5.69 Å². The van der Waals surface area contributed by atoms with Crippen molar-refractivity contribution in [2.75, 3.05) is 18.5 Å². The monoisotopic (exact) mass is 285 g/mol. The quantitative estimate of drug-likeness (QED) is 0.833. The Labute approximate surface area is 118 Å². The number of halogens is 2. The van der Waals surface area contributed by atoms with Gasteiger partial charge in [-0.25, -0.2) is 0 Å². The molecular weight excluding hydrogens is 269 g/mol. The number of fused-ring (bicyclic) bond motifs is 2. The summed E-state index contributed by atoms with van der Waals surface area (Å²) in [7, 11) is 0. The van der Waals surface area contributed by atoms with Crippen molar-refractivity contribution in [2.24, 2.45) is 0 Å². The van der Waals surface area contributed by atoms with Gasteiger partial charge in [-0.3, -0.25) is 0 Å². The van der Waals surface area contributed by atoms with Crippen molar-refractivity contribution in [1.29, 1.82) is 0 Å². The van der Waals surface area contributed by atoms with Gasteiger partial charge in [0, 0.05) is 23.6 Å². The van der Waals surface area contributed by atoms with E-state index in [1.54, 1.807) is 0 Å². The van der Waals surface area contributed by atoms with Gasteiger partial charge >= 0.3 is 0 Å². The molecule has 98 valence electrons. The van der Waals surface area contributed by atoms with Crippen LogP contribution in [0.1, 0.15) is 31.7 Å². The molecule has 2 nitrogen and oxygen atoms in total. The highest BCUT2D eigenvalue weighted by atomic mass is 35.5. The zero-order valence-electron chi connectivity index (χ0n) is 10.4. The molecule has 0 aromatic heterocycles. The Morgan fingerprint density at radius 3 is 3.06 bits per heavy atom. The van der Waals surface area contributed by atoms with Crippen molar-refractivity contribution >= 4 is 28.9 Å². The first kappa shape index (κ1) is 12.6. The molecule has 2 atom stereocenters. The zero-order chi connectivity index (χ0) is 12.8. The van der Waals surface area contributed by atoms with E-state index >= 15 is 0 Å². The number of hydrogen-bond acceptors (Lipinski definition) is 2. The molecule has 1 N–H and O–H groups in total. The van der Waals surface area contributed by atoms with E-state index in [2.05, 4.69) is 18.3 Å². The van der Waals surface area contributed by atoms with Crippen molar-refractivity contribution in [3.05, 3.63) is 27.7 Å². The van der Waals surface area contributed by atoms with Gasteiger partial charge in [0.1, 0.15) is 0 Å². The van der Waals surface area contributed by atoms with Crippen LogP contribution in [0.5, 0.6) is 0 Å². The van der Waals surface area contributed by atoms with Crippen LogP contribution in [0, 0.1) is 0 Å². The van der Waals surface area contributed by atoms with Gasteiger partial charge in [0.05, 0.1) is 16.8 Å². The Morgan fingerprint density at radius 2 is 2.28 bits per heavy atom. The normalized spacial score (nSPS) is 30.3. The second-order valence-electron chi connectivity index (χ2n) is 5.30. The summed E-state index contributed by atoms with van der Waals surface area (Å²) in [6.45, 7) is 3.95. The highest BCUT2D eigenvalue weighted by molar-refractivity contribution is 6.36. The van der Waals surface area contributed by atoms with Crippen molar-refractivity contribution in [2.45, 2.75) is 37.7 Å². The Balaban J connectivity index is 2.03. The maximum Gasteiger partial charge on any atom is 0.0655 e. The molecule has 1 spiro atoms. The smallest absolute Gasteiger partial charge is 0.0655 e. The number of ether oxygens (including phenoxy) is 1. The lowest BCUT2D eigenvalue weighted by atomic mass is 9.73. The molecule has 0 saturated carbocycles. The average molecular weight is 286 g/mol. The van der Waals surface area contributed by atoms with E-state index in [0.29, 0.717) is 6.10 Å². The van der Waals surface area contributed by atoms with Gasteiger partial charge in [-0.2, -0.15) is 0 Å². The van der Waals surface area contributed by atoms with E-state index in [0.717, 1.165) is 48.1 Å². The van der Waals surface area contributed by atoms with Gasteiger partial charge in [0.25, 0.3) is 0 Å². The number of rotatable bonds is 1. The molecule has 4 heteroatoms. The van der Waals surface area contributed by atoms with Crippen LogP contribution in [0.25, 0.3) is 0 Å². The molecular formula is C14H17Cl2NO. The molecule has 2 aliphatic rings. The fraction of sp³-hybridized carbons (Fsp3) is 0.571. The summed E-state index contributed by atoms with van der Waals surface area (Å²) in [6.07, 6.45) is 3.51. The molecule has 0 bridgehead atoms. The van der Waals surface area contributed by atoms with Crippen molar-refractivity contribution in [1.82, 2.24) is 0 Å². The van der Waals surface area contributed by atoms with Crippen LogP contribution in [0.15, 0.2) is 12.1 Å². The third-order valence-corrected chi connectivity index (χ3v) is 4.75. The van der Waals surface area contributed by atoms with Crippen LogP contribution in [0.3, 0.4) is 0 Å². The lowest BCUT2D eigenvalue weighted by Gasteiger charge is -2.38. The largest absolute Gasteiger partial charge is 0.383 e. The van der Waals surface area contributed by atoms with E-state index in [1.807, 2.05) is 6.07 Å². The van der Waals surface area contributed by atoms with Crippen LogP contribution in [0.2, 0.25) is 10.0 Å². The standard InChI is InChI=1S/C14H17Cl2NO/c1-2-10-7-14(3-4-18-10)8-17-13-11(14)5-9(15)6-12(13)16/h5-6,10,17H,2-4,7-8H2,1H3. The maximum atomic E-state index is 6.27. The van der Waals surface area contributed by atoms with Crippen LogP contribution >= 0.6 is 23.2 Å². The summed E-state index contributed by atoms with van der Waals surface area (Å²) in [6, 6.07) is 3.88. The summed E-state index contributed by atoms with van der Waals surface area (Å²) < 4.78 is 5.80. The lowest BCUT2D eigenvalue weighted by molar-refractivity contribution is -0.0179. The average Bonchev–Trinajstić information content (AvgIpc) is 2.69. The first-order valence-corrected chi connectivity index (χ1v) is 7.25. The van der Waals surface area contributed by atoms with Gasteiger partial charge in [-0.15, -0.1) is 0 Å². The highest BCUT2D eigenvalue weighted by Gasteiger charge is 2.43. The fourth-order valence-electron chi connectivity index (χ4n) is 3.21. The van der Waals surface area contributed by atoms with Crippen LogP contribution in [-0.2, 0) is 10.2 Å². The molecule has 2 aliphatic heterocycles. The zero-order valence-corrected chi connectivity index (χ0v) is 11.9. The predicted molar refractivity (Wildman–Crippen MR) is 75.9 cm³/mol. The molecule has 18 heavy (non-hydrogen) atoms. The molecule has 0 amide bonds. The van der Waals surface area contributed by atoms with Gasteiger partial charge < -0.3 is 10.1 Å². The number of anilines is 1. The molecule has 0 aliphatic carbocycles. The topological polar surface area (TPSA) is 21.3 Å². The van der Waals surface area contributed by atoms with Gasteiger partial charge in [0.2, 0.25) is 0 Å². The molecule has 3 rings (SSSR count).